The minimum atomic E-state index is -0.897. The van der Waals surface area contributed by atoms with Gasteiger partial charge in [-0.15, -0.1) is 0 Å². The second kappa shape index (κ2) is 6.98. The van der Waals surface area contributed by atoms with Crippen LogP contribution >= 0.6 is 23.4 Å². The monoisotopic (exact) mass is 412 g/mol. The van der Waals surface area contributed by atoms with Crippen molar-refractivity contribution in [3.05, 3.63) is 81.3 Å². The summed E-state index contributed by atoms with van der Waals surface area (Å²) in [4.78, 5) is 19.4. The molecule has 0 radical (unpaired) electrons. The lowest BCUT2D eigenvalue weighted by molar-refractivity contribution is -0.131. The lowest BCUT2D eigenvalue weighted by Gasteiger charge is -2.37. The molecular weight excluding hydrogens is 392 g/mol. The number of carboxylic acids is 1. The van der Waals surface area contributed by atoms with Crippen LogP contribution in [0, 0.1) is 5.92 Å². The molecule has 2 aliphatic rings. The van der Waals surface area contributed by atoms with Gasteiger partial charge >= 0.3 is 5.97 Å². The van der Waals surface area contributed by atoms with E-state index in [1.54, 1.807) is 0 Å². The van der Waals surface area contributed by atoms with Crippen LogP contribution in [-0.4, -0.2) is 21.1 Å². The third kappa shape index (κ3) is 2.93. The van der Waals surface area contributed by atoms with Gasteiger partial charge in [-0.2, -0.15) is 0 Å². The number of halogens is 1. The van der Waals surface area contributed by atoms with Crippen molar-refractivity contribution in [2.24, 2.45) is 10.9 Å². The van der Waals surface area contributed by atoms with Crippen LogP contribution in [0.5, 0.6) is 0 Å². The van der Waals surface area contributed by atoms with Crippen molar-refractivity contribution in [2.75, 3.05) is 0 Å². The zero-order valence-corrected chi connectivity index (χ0v) is 17.5. The van der Waals surface area contributed by atoms with Crippen LogP contribution in [0.3, 0.4) is 0 Å². The van der Waals surface area contributed by atoms with E-state index in [2.05, 4.69) is 24.0 Å². The summed E-state index contributed by atoms with van der Waals surface area (Å²) in [7, 11) is 0. The lowest BCUT2D eigenvalue weighted by atomic mass is 9.81. The predicted octanol–water partition coefficient (Wildman–Crippen LogP) is 5.67. The maximum absolute atomic E-state index is 11.9. The van der Waals surface area contributed by atoms with E-state index in [-0.39, 0.29) is 12.0 Å². The molecular formula is C22H21ClN2O2S. The number of aliphatic carboxylic acids is 1. The van der Waals surface area contributed by atoms with Gasteiger partial charge in [0.05, 0.1) is 6.04 Å². The van der Waals surface area contributed by atoms with Gasteiger partial charge in [-0.1, -0.05) is 67.9 Å². The number of benzene rings is 2. The third-order valence-electron chi connectivity index (χ3n) is 5.30. The number of aliphatic imine (C=N–C) groups is 1. The molecule has 2 unspecified atom stereocenters. The maximum Gasteiger partial charge on any atom is 0.344 e. The number of rotatable bonds is 4. The van der Waals surface area contributed by atoms with Gasteiger partial charge < -0.3 is 10.0 Å². The molecule has 4 rings (SSSR count). The molecule has 1 N–H and O–H groups in total. The number of amidine groups is 1. The van der Waals surface area contributed by atoms with E-state index < -0.39 is 11.5 Å². The first-order chi connectivity index (χ1) is 13.3. The predicted molar refractivity (Wildman–Crippen MR) is 114 cm³/mol. The minimum Gasteiger partial charge on any atom is -0.477 e. The molecule has 0 bridgehead atoms. The molecule has 0 spiro atoms. The van der Waals surface area contributed by atoms with Crippen LogP contribution in [0.25, 0.3) is 0 Å². The summed E-state index contributed by atoms with van der Waals surface area (Å²) in [6.45, 7) is 6.17. The maximum atomic E-state index is 11.9. The zero-order valence-electron chi connectivity index (χ0n) is 15.9. The van der Waals surface area contributed by atoms with Gasteiger partial charge in [0.25, 0.3) is 0 Å². The number of carboxylic acid groups (broad SMARTS) is 1. The highest BCUT2D eigenvalue weighted by Crippen LogP contribution is 2.55. The largest absolute Gasteiger partial charge is 0.477 e. The Morgan fingerprint density at radius 1 is 1.18 bits per heavy atom. The number of fused-ring (bicyclic) bond motifs is 1. The standard InChI is InChI=1S/C22H21ClN2O2S/c1-13(2)17-18(20(26)27)28-21-24-22(3,15-9-11-16(23)12-10-15)19(25(17)21)14-7-5-4-6-8-14/h4-13,19H,1-3H3,(H,26,27). The SMILES string of the molecule is CC(C)C1=C(C(=O)O)SC2=NC(C)(c3ccc(Cl)cc3)C(c3ccccc3)N21. The first kappa shape index (κ1) is 19.1. The van der Waals surface area contributed by atoms with Gasteiger partial charge in [0.1, 0.15) is 10.4 Å². The molecule has 2 aromatic rings. The number of thioether (sulfide) groups is 1. The summed E-state index contributed by atoms with van der Waals surface area (Å²) < 4.78 is 0. The Morgan fingerprint density at radius 2 is 1.82 bits per heavy atom. The Labute approximate surface area is 173 Å². The van der Waals surface area contributed by atoms with Crippen LogP contribution in [0.1, 0.15) is 37.9 Å². The van der Waals surface area contributed by atoms with E-state index in [1.807, 2.05) is 56.3 Å². The average Bonchev–Trinajstić information content (AvgIpc) is 3.15. The zero-order chi connectivity index (χ0) is 20.1. The van der Waals surface area contributed by atoms with Crippen molar-refractivity contribution < 1.29 is 9.90 Å². The first-order valence-corrected chi connectivity index (χ1v) is 10.4. The Hall–Kier alpha value is -2.24. The van der Waals surface area contributed by atoms with Crippen molar-refractivity contribution in [1.82, 2.24) is 4.90 Å². The van der Waals surface area contributed by atoms with E-state index in [0.717, 1.165) is 22.0 Å². The van der Waals surface area contributed by atoms with Crippen molar-refractivity contribution in [3.63, 3.8) is 0 Å². The van der Waals surface area contributed by atoms with E-state index >= 15 is 0 Å². The summed E-state index contributed by atoms with van der Waals surface area (Å²) in [5, 5.41) is 11.2. The molecule has 0 saturated heterocycles. The Balaban J connectivity index is 1.92. The van der Waals surface area contributed by atoms with Crippen LogP contribution in [-0.2, 0) is 10.3 Å². The highest BCUT2D eigenvalue weighted by molar-refractivity contribution is 8.18. The minimum absolute atomic E-state index is 0.0603. The fourth-order valence-electron chi connectivity index (χ4n) is 4.05. The Morgan fingerprint density at radius 3 is 2.39 bits per heavy atom. The van der Waals surface area contributed by atoms with E-state index in [9.17, 15) is 9.90 Å². The molecule has 2 aliphatic heterocycles. The van der Waals surface area contributed by atoms with Crippen molar-refractivity contribution in [1.29, 1.82) is 0 Å². The molecule has 6 heteroatoms. The summed E-state index contributed by atoms with van der Waals surface area (Å²) in [6, 6.07) is 17.8. The van der Waals surface area contributed by atoms with Gasteiger partial charge in [-0.3, -0.25) is 0 Å². The Kier molecular flexibility index (Phi) is 4.76. The number of allylic oxidation sites excluding steroid dienone is 1. The van der Waals surface area contributed by atoms with Gasteiger partial charge in [0.2, 0.25) is 0 Å². The fourth-order valence-corrected chi connectivity index (χ4v) is 5.43. The van der Waals surface area contributed by atoms with Crippen LogP contribution in [0.15, 0.2) is 70.2 Å². The molecule has 0 amide bonds. The summed E-state index contributed by atoms with van der Waals surface area (Å²) >= 11 is 7.36. The van der Waals surface area contributed by atoms with Crippen LogP contribution < -0.4 is 0 Å². The molecule has 0 aromatic heterocycles. The number of carbonyl (C=O) groups is 1. The number of hydrogen-bond acceptors (Lipinski definition) is 4. The second-order valence-corrected chi connectivity index (χ2v) is 8.92. The lowest BCUT2D eigenvalue weighted by Crippen LogP contribution is -2.36. The van der Waals surface area contributed by atoms with Crippen LogP contribution in [0.2, 0.25) is 5.02 Å². The van der Waals surface area contributed by atoms with Crippen molar-refractivity contribution >= 4 is 34.5 Å². The molecule has 0 aliphatic carbocycles. The molecule has 2 atom stereocenters. The average molecular weight is 413 g/mol. The first-order valence-electron chi connectivity index (χ1n) is 9.18. The molecule has 0 saturated carbocycles. The summed E-state index contributed by atoms with van der Waals surface area (Å²) in [5.41, 5.74) is 2.42. The molecule has 2 aromatic carbocycles. The highest BCUT2D eigenvalue weighted by Gasteiger charge is 2.53. The molecule has 0 fully saturated rings. The van der Waals surface area contributed by atoms with Crippen molar-refractivity contribution in [2.45, 2.75) is 32.4 Å². The second-order valence-electron chi connectivity index (χ2n) is 7.51. The van der Waals surface area contributed by atoms with E-state index in [0.29, 0.717) is 9.93 Å². The molecule has 2 heterocycles. The quantitative estimate of drug-likeness (QED) is 0.703. The van der Waals surface area contributed by atoms with Gasteiger partial charge in [-0.05, 0) is 47.9 Å². The highest BCUT2D eigenvalue weighted by atomic mass is 35.5. The normalized spacial score (nSPS) is 24.0. The number of hydrogen-bond donors (Lipinski definition) is 1. The van der Waals surface area contributed by atoms with Gasteiger partial charge in [0, 0.05) is 10.7 Å². The molecule has 144 valence electrons. The fraction of sp³-hybridized carbons (Fsp3) is 0.273. The van der Waals surface area contributed by atoms with Crippen molar-refractivity contribution in [3.8, 4) is 0 Å². The molecule has 4 nitrogen and oxygen atoms in total. The topological polar surface area (TPSA) is 52.9 Å². The molecule has 28 heavy (non-hydrogen) atoms. The van der Waals surface area contributed by atoms with Gasteiger partial charge in [-0.25, -0.2) is 9.79 Å². The third-order valence-corrected chi connectivity index (χ3v) is 6.61. The summed E-state index contributed by atoms with van der Waals surface area (Å²) in [6.07, 6.45) is 0. The van der Waals surface area contributed by atoms with E-state index in [4.69, 9.17) is 16.6 Å². The summed E-state index contributed by atoms with van der Waals surface area (Å²) in [5.74, 6) is -0.837. The van der Waals surface area contributed by atoms with Gasteiger partial charge in [0.15, 0.2) is 5.17 Å². The Bertz CT molecular complexity index is 985. The van der Waals surface area contributed by atoms with Crippen LogP contribution in [0.4, 0.5) is 0 Å². The van der Waals surface area contributed by atoms with E-state index in [1.165, 1.54) is 11.8 Å². The smallest absolute Gasteiger partial charge is 0.344 e. The number of nitrogens with zero attached hydrogens (tertiary/aromatic N) is 2.